The Labute approximate surface area is 198 Å². The van der Waals surface area contributed by atoms with Crippen molar-refractivity contribution in [3.63, 3.8) is 0 Å². The number of carbonyl (C=O) groups excluding carboxylic acids is 1. The lowest BCUT2D eigenvalue weighted by Crippen LogP contribution is -2.45. The fourth-order valence-corrected chi connectivity index (χ4v) is 3.93. The Hall–Kier alpha value is -2.03. The van der Waals surface area contributed by atoms with E-state index in [9.17, 15) is 15.0 Å². The Kier molecular flexibility index (Phi) is 9.02. The van der Waals surface area contributed by atoms with Crippen LogP contribution in [0.25, 0.3) is 0 Å². The molecule has 0 spiro atoms. The van der Waals surface area contributed by atoms with Gasteiger partial charge < -0.3 is 25.6 Å². The highest BCUT2D eigenvalue weighted by Gasteiger charge is 2.20. The Bertz CT molecular complexity index is 903. The van der Waals surface area contributed by atoms with Crippen molar-refractivity contribution < 1.29 is 19.7 Å². The Morgan fingerprint density at radius 2 is 1.91 bits per heavy atom. The van der Waals surface area contributed by atoms with Crippen molar-refractivity contribution in [2.45, 2.75) is 38.5 Å². The van der Waals surface area contributed by atoms with E-state index in [0.29, 0.717) is 18.3 Å². The molecular formula is C23H29Cl2N3O4. The molecule has 1 aliphatic heterocycles. The summed E-state index contributed by atoms with van der Waals surface area (Å²) in [6.07, 6.45) is 1.25. The largest absolute Gasteiger partial charge is 0.506 e. The first kappa shape index (κ1) is 24.6. The van der Waals surface area contributed by atoms with E-state index in [1.165, 1.54) is 24.6 Å². The molecule has 174 valence electrons. The number of aliphatic hydroxyl groups excluding tert-OH is 1. The van der Waals surface area contributed by atoms with E-state index in [1.54, 1.807) is 0 Å². The second kappa shape index (κ2) is 11.7. The number of piperidine rings is 1. The highest BCUT2D eigenvalue weighted by molar-refractivity contribution is 6.32. The number of phenols is 1. The maximum absolute atomic E-state index is 11.4. The number of nitrogens with zero attached hydrogens (tertiary/aromatic N) is 1. The van der Waals surface area contributed by atoms with E-state index in [1.807, 2.05) is 12.1 Å². The van der Waals surface area contributed by atoms with Crippen molar-refractivity contribution in [1.29, 1.82) is 0 Å². The normalized spacial score (nSPS) is 16.0. The molecule has 2 aromatic rings. The van der Waals surface area contributed by atoms with Gasteiger partial charge in [-0.1, -0.05) is 35.3 Å². The molecule has 2 aromatic carbocycles. The minimum Gasteiger partial charge on any atom is -0.506 e. The number of amides is 1. The van der Waals surface area contributed by atoms with Crippen molar-refractivity contribution in [3.05, 3.63) is 52.0 Å². The van der Waals surface area contributed by atoms with Crippen LogP contribution < -0.4 is 15.4 Å². The molecule has 9 heteroatoms. The number of hydrogen-bond donors (Lipinski definition) is 4. The fraction of sp³-hybridized carbons (Fsp3) is 0.435. The van der Waals surface area contributed by atoms with Crippen LogP contribution in [0.2, 0.25) is 10.0 Å². The van der Waals surface area contributed by atoms with Gasteiger partial charge in [0.2, 0.25) is 5.91 Å². The van der Waals surface area contributed by atoms with E-state index in [4.69, 9.17) is 27.9 Å². The lowest BCUT2D eigenvalue weighted by Gasteiger charge is -2.33. The number of benzene rings is 2. The maximum atomic E-state index is 11.4. The summed E-state index contributed by atoms with van der Waals surface area (Å²) in [5.41, 5.74) is 1.59. The van der Waals surface area contributed by atoms with Gasteiger partial charge in [0.1, 0.15) is 24.2 Å². The Balaban J connectivity index is 1.40. The van der Waals surface area contributed by atoms with Gasteiger partial charge >= 0.3 is 0 Å². The fourth-order valence-electron chi connectivity index (χ4n) is 3.64. The number of aliphatic hydroxyl groups is 1. The van der Waals surface area contributed by atoms with E-state index >= 15 is 0 Å². The van der Waals surface area contributed by atoms with Crippen molar-refractivity contribution in [2.75, 3.05) is 31.6 Å². The Morgan fingerprint density at radius 3 is 2.56 bits per heavy atom. The Morgan fingerprint density at radius 1 is 1.22 bits per heavy atom. The molecule has 1 saturated heterocycles. The number of phenolic OH excluding ortho intramolecular Hbond substituents is 1. The molecule has 1 fully saturated rings. The number of carbonyl (C=O) groups is 1. The molecular weight excluding hydrogens is 453 g/mol. The SMILES string of the molecule is CC(=O)Nc1cc(Cl)c(O)cc1OCC(O)CNC1CCN(Cc2ccc(Cl)cc2)CC1. The predicted molar refractivity (Wildman–Crippen MR) is 127 cm³/mol. The van der Waals surface area contributed by atoms with Crippen LogP contribution in [0, 0.1) is 0 Å². The van der Waals surface area contributed by atoms with Gasteiger partial charge in [0.05, 0.1) is 10.7 Å². The summed E-state index contributed by atoms with van der Waals surface area (Å²) >= 11 is 11.9. The summed E-state index contributed by atoms with van der Waals surface area (Å²) in [7, 11) is 0. The zero-order chi connectivity index (χ0) is 23.1. The number of nitrogens with one attached hydrogen (secondary N) is 2. The first-order valence-corrected chi connectivity index (χ1v) is 11.4. The highest BCUT2D eigenvalue weighted by Crippen LogP contribution is 2.35. The van der Waals surface area contributed by atoms with Crippen molar-refractivity contribution in [1.82, 2.24) is 10.2 Å². The molecule has 1 heterocycles. The summed E-state index contributed by atoms with van der Waals surface area (Å²) in [4.78, 5) is 13.8. The minimum absolute atomic E-state index is 0.00999. The second-order valence-corrected chi connectivity index (χ2v) is 8.87. The zero-order valence-corrected chi connectivity index (χ0v) is 19.5. The van der Waals surface area contributed by atoms with E-state index < -0.39 is 6.10 Å². The van der Waals surface area contributed by atoms with Crippen LogP contribution in [0.3, 0.4) is 0 Å². The first-order chi connectivity index (χ1) is 15.3. The van der Waals surface area contributed by atoms with Gasteiger partial charge in [-0.25, -0.2) is 0 Å². The van der Waals surface area contributed by atoms with Gasteiger partial charge in [-0.05, 0) is 49.7 Å². The van der Waals surface area contributed by atoms with Crippen LogP contribution in [0.15, 0.2) is 36.4 Å². The molecule has 1 atom stereocenters. The van der Waals surface area contributed by atoms with Crippen LogP contribution in [-0.4, -0.2) is 59.4 Å². The van der Waals surface area contributed by atoms with Crippen molar-refractivity contribution in [2.24, 2.45) is 0 Å². The standard InChI is InChI=1S/C23H29Cl2N3O4/c1-15(29)27-21-10-20(25)22(31)11-23(21)32-14-19(30)12-26-18-6-8-28(9-7-18)13-16-2-4-17(24)5-3-16/h2-5,10-11,18-19,26,30-31H,6-9,12-14H2,1H3,(H,27,29). The molecule has 0 saturated carbocycles. The van der Waals surface area contributed by atoms with Crippen LogP contribution >= 0.6 is 23.2 Å². The van der Waals surface area contributed by atoms with E-state index in [2.05, 4.69) is 27.7 Å². The number of likely N-dealkylation sites (tertiary alicyclic amines) is 1. The van der Waals surface area contributed by atoms with E-state index in [-0.39, 0.29) is 29.0 Å². The number of hydrogen-bond acceptors (Lipinski definition) is 6. The predicted octanol–water partition coefficient (Wildman–Crippen LogP) is 3.65. The quantitative estimate of drug-likeness (QED) is 0.408. The maximum Gasteiger partial charge on any atom is 0.221 e. The average molecular weight is 482 g/mol. The molecule has 3 rings (SSSR count). The third kappa shape index (κ3) is 7.53. The van der Waals surface area contributed by atoms with Gasteiger partial charge in [0, 0.05) is 37.1 Å². The molecule has 0 aliphatic carbocycles. The van der Waals surface area contributed by atoms with E-state index in [0.717, 1.165) is 37.5 Å². The molecule has 1 amide bonds. The summed E-state index contributed by atoms with van der Waals surface area (Å²) < 4.78 is 5.63. The van der Waals surface area contributed by atoms with Gasteiger partial charge in [0.15, 0.2) is 0 Å². The highest BCUT2D eigenvalue weighted by atomic mass is 35.5. The summed E-state index contributed by atoms with van der Waals surface area (Å²) in [5.74, 6) is -0.202. The van der Waals surface area contributed by atoms with Crippen LogP contribution in [0.4, 0.5) is 5.69 Å². The van der Waals surface area contributed by atoms with Crippen molar-refractivity contribution in [3.8, 4) is 11.5 Å². The molecule has 0 aromatic heterocycles. The number of aromatic hydroxyl groups is 1. The number of rotatable bonds is 9. The summed E-state index contributed by atoms with van der Waals surface area (Å²) in [6.45, 7) is 4.63. The number of ether oxygens (including phenoxy) is 1. The third-order valence-electron chi connectivity index (χ3n) is 5.34. The monoisotopic (exact) mass is 481 g/mol. The lowest BCUT2D eigenvalue weighted by atomic mass is 10.0. The van der Waals surface area contributed by atoms with Gasteiger partial charge in [-0.3, -0.25) is 9.69 Å². The topological polar surface area (TPSA) is 94.1 Å². The van der Waals surface area contributed by atoms with Gasteiger partial charge in [0.25, 0.3) is 0 Å². The summed E-state index contributed by atoms with van der Waals surface area (Å²) in [5, 5.41) is 27.0. The smallest absolute Gasteiger partial charge is 0.221 e. The molecule has 32 heavy (non-hydrogen) atoms. The first-order valence-electron chi connectivity index (χ1n) is 10.6. The lowest BCUT2D eigenvalue weighted by molar-refractivity contribution is -0.114. The van der Waals surface area contributed by atoms with Crippen molar-refractivity contribution >= 4 is 34.8 Å². The molecule has 4 N–H and O–H groups in total. The van der Waals surface area contributed by atoms with Crippen LogP contribution in [0.1, 0.15) is 25.3 Å². The zero-order valence-electron chi connectivity index (χ0n) is 18.0. The molecule has 1 unspecified atom stereocenters. The molecule has 0 bridgehead atoms. The minimum atomic E-state index is -0.745. The second-order valence-electron chi connectivity index (χ2n) is 8.03. The summed E-state index contributed by atoms with van der Waals surface area (Å²) in [6, 6.07) is 11.0. The van der Waals surface area contributed by atoms with Crippen LogP contribution in [0.5, 0.6) is 11.5 Å². The van der Waals surface area contributed by atoms with Gasteiger partial charge in [-0.15, -0.1) is 0 Å². The third-order valence-corrected chi connectivity index (χ3v) is 5.89. The average Bonchev–Trinajstić information content (AvgIpc) is 2.76. The molecule has 7 nitrogen and oxygen atoms in total. The van der Waals surface area contributed by atoms with Crippen LogP contribution in [-0.2, 0) is 11.3 Å². The molecule has 1 aliphatic rings. The number of halogens is 2. The number of anilines is 1. The van der Waals surface area contributed by atoms with Gasteiger partial charge in [-0.2, -0.15) is 0 Å². The molecule has 0 radical (unpaired) electrons.